The molecule has 0 spiro atoms. The van der Waals surface area contributed by atoms with Crippen molar-refractivity contribution in [2.75, 3.05) is 10.6 Å². The first-order valence-electron chi connectivity index (χ1n) is 10.4. The second-order valence-electron chi connectivity index (χ2n) is 7.86. The molecule has 31 heavy (non-hydrogen) atoms. The minimum Gasteiger partial charge on any atom is -0.367 e. The first-order valence-corrected chi connectivity index (χ1v) is 10.4. The van der Waals surface area contributed by atoms with Gasteiger partial charge < -0.3 is 10.6 Å². The van der Waals surface area contributed by atoms with Crippen LogP contribution in [-0.2, 0) is 0 Å². The van der Waals surface area contributed by atoms with E-state index >= 15 is 0 Å². The number of aryl methyl sites for hydroxylation is 1. The number of aromatic nitrogens is 5. The summed E-state index contributed by atoms with van der Waals surface area (Å²) < 4.78 is 1.59. The molecule has 0 aliphatic heterocycles. The molecule has 4 heterocycles. The summed E-state index contributed by atoms with van der Waals surface area (Å²) in [5.41, 5.74) is 2.11. The fraction of sp³-hybridized carbons (Fsp3) is 0.261. The van der Waals surface area contributed by atoms with Gasteiger partial charge in [-0.2, -0.15) is 0 Å². The average Bonchev–Trinajstić information content (AvgIpc) is 3.23. The van der Waals surface area contributed by atoms with Gasteiger partial charge in [0, 0.05) is 32.6 Å². The van der Waals surface area contributed by atoms with Crippen molar-refractivity contribution in [3.05, 3.63) is 77.2 Å². The first-order chi connectivity index (χ1) is 15.2. The third-order valence-electron chi connectivity index (χ3n) is 5.58. The van der Waals surface area contributed by atoms with E-state index in [-0.39, 0.29) is 8.41 Å². The maximum absolute atomic E-state index is 12.5. The topological polar surface area (TPSA) is 97.6 Å². The van der Waals surface area contributed by atoms with Gasteiger partial charge in [0.15, 0.2) is 0 Å². The van der Waals surface area contributed by atoms with E-state index < -0.39 is 0 Å². The quantitative estimate of drug-likeness (QED) is 0.509. The molecule has 0 amide bonds. The molecule has 0 saturated heterocycles. The monoisotopic (exact) mass is 417 g/mol. The summed E-state index contributed by atoms with van der Waals surface area (Å²) in [6.07, 6.45) is 10.0. The van der Waals surface area contributed by atoms with E-state index in [4.69, 9.17) is 0 Å². The molecule has 4 aromatic heterocycles. The molecule has 160 valence electrons. The molecule has 2 atom stereocenters. The van der Waals surface area contributed by atoms with Crippen LogP contribution in [-0.4, -0.2) is 36.6 Å². The zero-order chi connectivity index (χ0) is 21.2. The second kappa shape index (κ2) is 8.14. The fourth-order valence-electron chi connectivity index (χ4n) is 4.05. The number of hydrogen-bond donors (Lipinski definition) is 2. The lowest BCUT2D eigenvalue weighted by Gasteiger charge is -2.16. The molecular weight excluding hydrogens is 390 g/mol. The van der Waals surface area contributed by atoms with Gasteiger partial charge in [-0.3, -0.25) is 14.3 Å². The van der Waals surface area contributed by atoms with E-state index in [1.165, 1.54) is 0 Å². The van der Waals surface area contributed by atoms with Crippen LogP contribution in [0.3, 0.4) is 0 Å². The van der Waals surface area contributed by atoms with Gasteiger partial charge in [0.05, 0.1) is 30.0 Å². The van der Waals surface area contributed by atoms with E-state index in [0.29, 0.717) is 23.4 Å². The van der Waals surface area contributed by atoms with Crippen molar-refractivity contribution < 1.29 is 2.85 Å². The van der Waals surface area contributed by atoms with Gasteiger partial charge in [0.25, 0.3) is 5.56 Å². The Bertz CT molecular complexity index is 1260. The molecule has 1 saturated carbocycles. The lowest BCUT2D eigenvalue weighted by Crippen LogP contribution is -2.22. The van der Waals surface area contributed by atoms with Crippen molar-refractivity contribution in [3.63, 3.8) is 0 Å². The van der Waals surface area contributed by atoms with Gasteiger partial charge in [-0.15, -0.1) is 0 Å². The Kier molecular flexibility index (Phi) is 5.03. The molecule has 0 aromatic carbocycles. The predicted octanol–water partition coefficient (Wildman–Crippen LogP) is 3.82. The van der Waals surface area contributed by atoms with Crippen LogP contribution >= 0.6 is 0 Å². The number of fused-ring (bicyclic) bond motifs is 1. The van der Waals surface area contributed by atoms with Gasteiger partial charge >= 0.3 is 0 Å². The Morgan fingerprint density at radius 2 is 1.71 bits per heavy atom. The highest BCUT2D eigenvalue weighted by atomic mass is 16.1. The largest absolute Gasteiger partial charge is 0.367 e. The summed E-state index contributed by atoms with van der Waals surface area (Å²) in [4.78, 5) is 30.0. The van der Waals surface area contributed by atoms with Crippen LogP contribution in [0.25, 0.3) is 16.7 Å². The zero-order valence-electron chi connectivity index (χ0n) is 17.2. The van der Waals surface area contributed by atoms with Crippen LogP contribution in [0.5, 0.6) is 0 Å². The average molecular weight is 418 g/mol. The third kappa shape index (κ3) is 4.09. The van der Waals surface area contributed by atoms with Crippen molar-refractivity contribution in [1.82, 2.24) is 24.5 Å². The summed E-state index contributed by atoms with van der Waals surface area (Å²) in [6, 6.07) is 11.6. The van der Waals surface area contributed by atoms with Crippen molar-refractivity contribution in [2.45, 2.75) is 38.3 Å². The lowest BCUT2D eigenvalue weighted by molar-refractivity contribution is 0.719. The van der Waals surface area contributed by atoms with Crippen LogP contribution in [0.15, 0.2) is 66.0 Å². The number of hydrogen-bond acceptors (Lipinski definition) is 7. The van der Waals surface area contributed by atoms with Gasteiger partial charge in [-0.1, -0.05) is 0 Å². The summed E-state index contributed by atoms with van der Waals surface area (Å²) in [5, 5.41) is 7.87. The normalized spacial score (nSPS) is 18.2. The third-order valence-corrected chi connectivity index (χ3v) is 5.58. The molecule has 1 aliphatic rings. The molecule has 1 aliphatic carbocycles. The summed E-state index contributed by atoms with van der Waals surface area (Å²) in [7, 11) is 0. The van der Waals surface area contributed by atoms with Crippen LogP contribution < -0.4 is 16.2 Å². The number of rotatable bonds is 5. The zero-order valence-corrected chi connectivity index (χ0v) is 17.2. The molecule has 0 bridgehead atoms. The maximum Gasteiger partial charge on any atom is 0.256 e. The summed E-state index contributed by atoms with van der Waals surface area (Å²) in [5.74, 6) is 1.61. The molecule has 0 unspecified atom stereocenters. The summed E-state index contributed by atoms with van der Waals surface area (Å²) >= 11 is 0. The Morgan fingerprint density at radius 3 is 2.45 bits per heavy atom. The van der Waals surface area contributed by atoms with Gasteiger partial charge in [0.1, 0.15) is 17.3 Å². The maximum atomic E-state index is 12.5. The van der Waals surface area contributed by atoms with E-state index in [0.717, 1.165) is 42.0 Å². The van der Waals surface area contributed by atoms with E-state index in [1.54, 1.807) is 41.5 Å². The molecular formula is C23H27N7O. The fourth-order valence-corrected chi connectivity index (χ4v) is 4.05. The second-order valence-corrected chi connectivity index (χ2v) is 7.86. The molecule has 5 rings (SSSR count). The summed E-state index contributed by atoms with van der Waals surface area (Å²) in [6.45, 7) is 1.93. The SMILES string of the molecule is Cc1cnc(N[C@H]2CC[C@H](Nc3ccc(-n4c(=O)ccc5cccnc54)cn3)C2)cn1.[HH].[HH]. The molecule has 8 heteroatoms. The number of nitrogens with one attached hydrogen (secondary N) is 2. The Labute approximate surface area is 182 Å². The van der Waals surface area contributed by atoms with Crippen LogP contribution in [0.2, 0.25) is 0 Å². The van der Waals surface area contributed by atoms with Crippen LogP contribution in [0, 0.1) is 6.92 Å². The molecule has 1 fully saturated rings. The minimum atomic E-state index is -0.127. The van der Waals surface area contributed by atoms with E-state index in [9.17, 15) is 4.79 Å². The Balaban J connectivity index is 0.00000153. The lowest BCUT2D eigenvalue weighted by atomic mass is 10.2. The first kappa shape index (κ1) is 19.2. The predicted molar refractivity (Wildman–Crippen MR) is 125 cm³/mol. The van der Waals surface area contributed by atoms with Crippen molar-refractivity contribution in [3.8, 4) is 5.69 Å². The van der Waals surface area contributed by atoms with E-state index in [1.807, 2.05) is 31.2 Å². The standard InChI is InChI=1S/C23H23N7O.2H2/c1-15-12-26-21(14-25-15)29-18-6-5-17(11-18)28-20-8-7-19(13-27-20)30-22(31)9-4-16-3-2-10-24-23(16)30;;/h2-4,7-10,12-14,17-18H,5-6,11H2,1H3,(H,26,29)(H,27,28);2*1H/t17-,18-;;/m0../s1. The number of pyridine rings is 3. The van der Waals surface area contributed by atoms with Gasteiger partial charge in [0.2, 0.25) is 0 Å². The van der Waals surface area contributed by atoms with E-state index in [2.05, 4.69) is 30.6 Å². The van der Waals surface area contributed by atoms with Crippen LogP contribution in [0.4, 0.5) is 11.6 Å². The number of anilines is 2. The highest BCUT2D eigenvalue weighted by Gasteiger charge is 2.25. The molecule has 2 N–H and O–H groups in total. The molecule has 8 nitrogen and oxygen atoms in total. The smallest absolute Gasteiger partial charge is 0.256 e. The van der Waals surface area contributed by atoms with Gasteiger partial charge in [-0.25, -0.2) is 15.0 Å². The van der Waals surface area contributed by atoms with Crippen molar-refractivity contribution in [2.24, 2.45) is 0 Å². The Morgan fingerprint density at radius 1 is 0.903 bits per heavy atom. The van der Waals surface area contributed by atoms with Crippen molar-refractivity contribution in [1.29, 1.82) is 0 Å². The highest BCUT2D eigenvalue weighted by Crippen LogP contribution is 2.25. The molecule has 4 aromatic rings. The molecule has 0 radical (unpaired) electrons. The Hall–Kier alpha value is -3.81. The van der Waals surface area contributed by atoms with Crippen molar-refractivity contribution >= 4 is 22.7 Å². The van der Waals surface area contributed by atoms with Gasteiger partial charge in [-0.05, 0) is 56.5 Å². The number of nitrogens with zero attached hydrogens (tertiary/aromatic N) is 5. The minimum absolute atomic E-state index is 0. The van der Waals surface area contributed by atoms with Crippen LogP contribution in [0.1, 0.15) is 27.8 Å². The highest BCUT2D eigenvalue weighted by molar-refractivity contribution is 5.76.